The van der Waals surface area contributed by atoms with Gasteiger partial charge in [0.1, 0.15) is 0 Å². The summed E-state index contributed by atoms with van der Waals surface area (Å²) in [6, 6.07) is 6.29. The van der Waals surface area contributed by atoms with E-state index in [0.717, 1.165) is 42.1 Å². The fourth-order valence-corrected chi connectivity index (χ4v) is 3.61. The largest absolute Gasteiger partial charge is 0.317 e. The van der Waals surface area contributed by atoms with Gasteiger partial charge < -0.3 is 5.32 Å². The summed E-state index contributed by atoms with van der Waals surface area (Å²) < 4.78 is 15.2. The van der Waals surface area contributed by atoms with Crippen molar-refractivity contribution >= 4 is 22.6 Å². The smallest absolute Gasteiger partial charge is 0.0918 e. The number of piperidine rings is 1. The molecule has 2 atom stereocenters. The molecule has 2 unspecified atom stereocenters. The number of hydrogen-bond acceptors (Lipinski definition) is 2. The minimum absolute atomic E-state index is 0.121. The molecule has 1 aromatic carbocycles. The highest BCUT2D eigenvalue weighted by atomic mass is 35.5. The molecule has 0 radical (unpaired) electrons. The maximum atomic E-state index is 11.9. The topological polar surface area (TPSA) is 41.1 Å². The number of aryl methyl sites for hydroxylation is 1. The number of hydrogen-bond donors (Lipinski definition) is 2. The molecule has 126 valence electrons. The lowest BCUT2D eigenvalue weighted by Gasteiger charge is -2.31. The molecule has 1 saturated heterocycles. The average Bonchev–Trinajstić information content (AvgIpc) is 2.57. The highest BCUT2D eigenvalue weighted by Crippen LogP contribution is 2.31. The summed E-state index contributed by atoms with van der Waals surface area (Å²) in [6.07, 6.45) is 2.20. The molecule has 1 aliphatic rings. The summed E-state index contributed by atoms with van der Waals surface area (Å²) in [5, 5.41) is 4.16. The van der Waals surface area contributed by atoms with E-state index in [1.165, 1.54) is 0 Å². The van der Waals surface area contributed by atoms with Crippen molar-refractivity contribution in [3.63, 3.8) is 0 Å². The highest BCUT2D eigenvalue weighted by molar-refractivity contribution is 7.82. The second-order valence-corrected chi connectivity index (χ2v) is 7.24. The molecule has 0 bridgehead atoms. The van der Waals surface area contributed by atoms with Gasteiger partial charge in [0.15, 0.2) is 0 Å². The fraction of sp³-hybridized carbons (Fsp3) is 0.647. The molecule has 1 aromatic rings. The van der Waals surface area contributed by atoms with E-state index in [4.69, 9.17) is 11.6 Å². The zero-order chi connectivity index (χ0) is 16.5. The Morgan fingerprint density at radius 1 is 1.36 bits per heavy atom. The van der Waals surface area contributed by atoms with Crippen molar-refractivity contribution in [1.29, 1.82) is 0 Å². The Morgan fingerprint density at radius 3 is 2.55 bits per heavy atom. The Kier molecular flexibility index (Phi) is 9.25. The minimum atomic E-state index is -0.985. The normalized spacial score (nSPS) is 18.2. The fourth-order valence-electron chi connectivity index (χ4n) is 2.64. The summed E-state index contributed by atoms with van der Waals surface area (Å²) in [7, 11) is -0.985. The van der Waals surface area contributed by atoms with E-state index in [0.29, 0.717) is 11.7 Å². The molecule has 0 spiro atoms. The summed E-state index contributed by atoms with van der Waals surface area (Å²) in [5.74, 6) is 1.13. The first-order chi connectivity index (χ1) is 10.6. The standard InChI is InChI=1S/C15H23ClN2OS.C2H6/c1-3-20(19)18-15(12-6-8-17-9-7-12)13-5-4-11(2)14(16)10-13;1-2/h4-5,10,12,15,17-18H,3,6-9H2,1-2H3;1-2H3. The Hall–Kier alpha value is -0.420. The van der Waals surface area contributed by atoms with Crippen LogP contribution in [0.1, 0.15) is 50.8 Å². The number of nitrogens with one attached hydrogen (secondary N) is 2. The van der Waals surface area contributed by atoms with Crippen LogP contribution in [0.15, 0.2) is 18.2 Å². The van der Waals surface area contributed by atoms with Crippen molar-refractivity contribution in [3.05, 3.63) is 34.3 Å². The van der Waals surface area contributed by atoms with Crippen molar-refractivity contribution in [3.8, 4) is 0 Å². The van der Waals surface area contributed by atoms with Gasteiger partial charge in [-0.1, -0.05) is 44.5 Å². The zero-order valence-corrected chi connectivity index (χ0v) is 15.7. The van der Waals surface area contributed by atoms with E-state index in [1.807, 2.05) is 39.8 Å². The zero-order valence-electron chi connectivity index (χ0n) is 14.1. The first-order valence-corrected chi connectivity index (χ1v) is 9.92. The third-order valence-electron chi connectivity index (χ3n) is 3.93. The molecule has 0 aliphatic carbocycles. The quantitative estimate of drug-likeness (QED) is 0.848. The summed E-state index contributed by atoms with van der Waals surface area (Å²) in [4.78, 5) is 0. The summed E-state index contributed by atoms with van der Waals surface area (Å²) >= 11 is 6.25. The molecule has 5 heteroatoms. The van der Waals surface area contributed by atoms with Crippen molar-refractivity contribution in [1.82, 2.24) is 10.0 Å². The van der Waals surface area contributed by atoms with Gasteiger partial charge in [0.05, 0.1) is 11.0 Å². The Bertz CT molecular complexity index is 476. The third kappa shape index (κ3) is 5.65. The van der Waals surface area contributed by atoms with Gasteiger partial charge in [0, 0.05) is 16.8 Å². The Balaban J connectivity index is 0.00000116. The van der Waals surface area contributed by atoms with Crippen LogP contribution in [-0.2, 0) is 11.0 Å². The van der Waals surface area contributed by atoms with Crippen LogP contribution in [0.5, 0.6) is 0 Å². The van der Waals surface area contributed by atoms with Gasteiger partial charge in [-0.2, -0.15) is 0 Å². The van der Waals surface area contributed by atoms with Crippen LogP contribution in [0, 0.1) is 12.8 Å². The molecule has 2 rings (SSSR count). The predicted octanol–water partition coefficient (Wildman–Crippen LogP) is 3.99. The van der Waals surface area contributed by atoms with Crippen LogP contribution in [-0.4, -0.2) is 23.1 Å². The maximum absolute atomic E-state index is 11.9. The van der Waals surface area contributed by atoms with Gasteiger partial charge in [0.2, 0.25) is 0 Å². The monoisotopic (exact) mass is 344 g/mol. The number of rotatable bonds is 5. The van der Waals surface area contributed by atoms with Crippen molar-refractivity contribution in [2.45, 2.75) is 46.6 Å². The Morgan fingerprint density at radius 2 is 2.00 bits per heavy atom. The third-order valence-corrected chi connectivity index (χ3v) is 5.38. The molecule has 22 heavy (non-hydrogen) atoms. The lowest BCUT2D eigenvalue weighted by Crippen LogP contribution is -2.37. The molecular weight excluding hydrogens is 316 g/mol. The van der Waals surface area contributed by atoms with Gasteiger partial charge in [-0.25, -0.2) is 8.93 Å². The molecule has 0 amide bonds. The lowest BCUT2D eigenvalue weighted by atomic mass is 9.86. The van der Waals surface area contributed by atoms with Crippen LogP contribution < -0.4 is 10.0 Å². The van der Waals surface area contributed by atoms with Crippen LogP contribution in [0.3, 0.4) is 0 Å². The highest BCUT2D eigenvalue weighted by Gasteiger charge is 2.26. The van der Waals surface area contributed by atoms with E-state index < -0.39 is 11.0 Å². The summed E-state index contributed by atoms with van der Waals surface area (Å²) in [5.41, 5.74) is 2.23. The van der Waals surface area contributed by atoms with Crippen molar-refractivity contribution in [2.24, 2.45) is 5.92 Å². The molecule has 3 nitrogen and oxygen atoms in total. The van der Waals surface area contributed by atoms with Gasteiger partial charge in [-0.3, -0.25) is 0 Å². The van der Waals surface area contributed by atoms with E-state index in [2.05, 4.69) is 16.1 Å². The second kappa shape index (κ2) is 10.4. The maximum Gasteiger partial charge on any atom is 0.0918 e. The van der Waals surface area contributed by atoms with Gasteiger partial charge in [0.25, 0.3) is 0 Å². The van der Waals surface area contributed by atoms with E-state index >= 15 is 0 Å². The molecule has 1 fully saturated rings. The number of benzene rings is 1. The van der Waals surface area contributed by atoms with Crippen molar-refractivity contribution < 1.29 is 4.21 Å². The number of halogens is 1. The first kappa shape index (κ1) is 19.6. The van der Waals surface area contributed by atoms with Gasteiger partial charge >= 0.3 is 0 Å². The molecular formula is C17H29ClN2OS. The van der Waals surface area contributed by atoms with Crippen LogP contribution in [0.4, 0.5) is 0 Å². The summed E-state index contributed by atoms with van der Waals surface area (Å²) in [6.45, 7) is 10.00. The second-order valence-electron chi connectivity index (χ2n) is 5.33. The SMILES string of the molecule is CC.CCS(=O)NC(c1ccc(C)c(Cl)c1)C1CCNCC1. The molecule has 1 aliphatic heterocycles. The van der Waals surface area contributed by atoms with Crippen molar-refractivity contribution in [2.75, 3.05) is 18.8 Å². The van der Waals surface area contributed by atoms with Crippen LogP contribution in [0.25, 0.3) is 0 Å². The lowest BCUT2D eigenvalue weighted by molar-refractivity contribution is 0.309. The predicted molar refractivity (Wildman–Crippen MR) is 97.7 cm³/mol. The molecule has 2 N–H and O–H groups in total. The Labute approximate surface area is 142 Å². The van der Waals surface area contributed by atoms with Crippen LogP contribution >= 0.6 is 11.6 Å². The average molecular weight is 345 g/mol. The van der Waals surface area contributed by atoms with E-state index in [1.54, 1.807) is 0 Å². The van der Waals surface area contributed by atoms with Gasteiger partial charge in [-0.05, 0) is 56.0 Å². The minimum Gasteiger partial charge on any atom is -0.317 e. The molecule has 0 aromatic heterocycles. The first-order valence-electron chi connectivity index (χ1n) is 8.23. The molecule has 1 heterocycles. The van der Waals surface area contributed by atoms with E-state index in [9.17, 15) is 4.21 Å². The van der Waals surface area contributed by atoms with Crippen LogP contribution in [0.2, 0.25) is 5.02 Å². The van der Waals surface area contributed by atoms with Gasteiger partial charge in [-0.15, -0.1) is 0 Å². The molecule has 0 saturated carbocycles. The van der Waals surface area contributed by atoms with E-state index in [-0.39, 0.29) is 6.04 Å².